The second kappa shape index (κ2) is 6.96. The Morgan fingerprint density at radius 1 is 1.60 bits per heavy atom. The van der Waals surface area contributed by atoms with E-state index in [0.29, 0.717) is 0 Å². The van der Waals surface area contributed by atoms with Crippen LogP contribution in [0.3, 0.4) is 0 Å². The van der Waals surface area contributed by atoms with Crippen LogP contribution in [-0.2, 0) is 0 Å². The predicted molar refractivity (Wildman–Crippen MR) is 53.8 cm³/mol. The van der Waals surface area contributed by atoms with Gasteiger partial charge in [-0.05, 0) is 23.1 Å². The van der Waals surface area contributed by atoms with Crippen molar-refractivity contribution in [2.75, 3.05) is 13.3 Å². The molecule has 0 amide bonds. The van der Waals surface area contributed by atoms with E-state index >= 15 is 0 Å². The summed E-state index contributed by atoms with van der Waals surface area (Å²) in [6.45, 7) is 3.57. The van der Waals surface area contributed by atoms with E-state index in [2.05, 4.69) is 11.6 Å². The molecule has 0 radical (unpaired) electrons. The maximum absolute atomic E-state index is 4.04. The molecule has 56 valence electrons. The molecule has 0 unspecified atom stereocenters. The maximum Gasteiger partial charge on any atom is 0.101 e. The van der Waals surface area contributed by atoms with Gasteiger partial charge in [0.05, 0.1) is 0 Å². The Balaban J connectivity index is 3.84. The molecule has 0 aromatic carbocycles. The molecule has 0 fully saturated rings. The molecule has 0 N–H and O–H groups in total. The Morgan fingerprint density at radius 3 is 2.70 bits per heavy atom. The van der Waals surface area contributed by atoms with Crippen LogP contribution < -0.4 is 0 Å². The quantitative estimate of drug-likeness (QED) is 0.281. The van der Waals surface area contributed by atoms with E-state index in [1.54, 1.807) is 34.7 Å². The molecule has 0 aromatic heterocycles. The molecule has 0 atom stereocenters. The van der Waals surface area contributed by atoms with Gasteiger partial charge in [-0.3, -0.25) is 4.99 Å². The van der Waals surface area contributed by atoms with Crippen LogP contribution in [0.4, 0.5) is 0 Å². The number of hydrogen-bond donors (Lipinski definition) is 0. The lowest BCUT2D eigenvalue weighted by Gasteiger charge is -1.92. The number of hydrogen-bond acceptors (Lipinski definition) is 3. The summed E-state index contributed by atoms with van der Waals surface area (Å²) >= 11 is 0. The second-order valence-corrected chi connectivity index (χ2v) is 3.82. The molecule has 0 aliphatic carbocycles. The van der Waals surface area contributed by atoms with Crippen LogP contribution in [0, 0.1) is 0 Å². The summed E-state index contributed by atoms with van der Waals surface area (Å²) in [5.41, 5.74) is 0. The summed E-state index contributed by atoms with van der Waals surface area (Å²) in [6.07, 6.45) is 7.59. The third kappa shape index (κ3) is 4.70. The van der Waals surface area contributed by atoms with Crippen molar-refractivity contribution >= 4 is 26.6 Å². The molecule has 0 heterocycles. The SMILES string of the molecule is C=C/C=C\C(=N/C)SSC. The zero-order chi connectivity index (χ0) is 7.82. The average Bonchev–Trinajstić information content (AvgIpc) is 1.98. The van der Waals surface area contributed by atoms with E-state index in [4.69, 9.17) is 0 Å². The minimum Gasteiger partial charge on any atom is -0.281 e. The highest BCUT2D eigenvalue weighted by molar-refractivity contribution is 8.82. The minimum atomic E-state index is 1.02. The molecule has 0 rings (SSSR count). The van der Waals surface area contributed by atoms with Gasteiger partial charge in [-0.2, -0.15) is 0 Å². The molecule has 0 aliphatic rings. The Labute approximate surface area is 70.1 Å². The summed E-state index contributed by atoms with van der Waals surface area (Å²) in [5.74, 6) is 0. The van der Waals surface area contributed by atoms with Gasteiger partial charge in [0.1, 0.15) is 5.04 Å². The van der Waals surface area contributed by atoms with E-state index in [1.807, 2.05) is 18.4 Å². The van der Waals surface area contributed by atoms with Crippen LogP contribution in [0.1, 0.15) is 0 Å². The van der Waals surface area contributed by atoms with E-state index < -0.39 is 0 Å². The van der Waals surface area contributed by atoms with Gasteiger partial charge in [0, 0.05) is 7.05 Å². The first-order valence-electron chi connectivity index (χ1n) is 2.81. The zero-order valence-corrected chi connectivity index (χ0v) is 7.84. The number of aliphatic imine (C=N–C) groups is 1. The predicted octanol–water partition coefficient (Wildman–Crippen LogP) is 2.77. The largest absolute Gasteiger partial charge is 0.281 e. The van der Waals surface area contributed by atoms with Crippen molar-refractivity contribution in [1.82, 2.24) is 0 Å². The monoisotopic (exact) mass is 173 g/mol. The summed E-state index contributed by atoms with van der Waals surface area (Å²) in [5, 5.41) is 1.02. The van der Waals surface area contributed by atoms with E-state index in [-0.39, 0.29) is 0 Å². The van der Waals surface area contributed by atoms with Crippen LogP contribution in [-0.4, -0.2) is 18.3 Å². The van der Waals surface area contributed by atoms with Gasteiger partial charge in [-0.1, -0.05) is 29.5 Å². The van der Waals surface area contributed by atoms with Crippen molar-refractivity contribution in [3.05, 3.63) is 24.8 Å². The molecule has 1 nitrogen and oxygen atoms in total. The lowest BCUT2D eigenvalue weighted by molar-refractivity contribution is 1.47. The first-order valence-corrected chi connectivity index (χ1v) is 5.37. The second-order valence-electron chi connectivity index (χ2n) is 1.41. The summed E-state index contributed by atoms with van der Waals surface area (Å²) in [7, 11) is 5.12. The van der Waals surface area contributed by atoms with Crippen molar-refractivity contribution in [3.63, 3.8) is 0 Å². The molecule has 0 aliphatic heterocycles. The standard InChI is InChI=1S/C7H11NS2/c1-4-5-6-7(8-2)10-9-3/h4-6H,1H2,2-3H3/b6-5-,8-7+. The molecule has 0 bridgehead atoms. The Kier molecular flexibility index (Phi) is 6.86. The fraction of sp³-hybridized carbons (Fsp3) is 0.286. The number of rotatable bonds is 3. The van der Waals surface area contributed by atoms with Gasteiger partial charge in [-0.25, -0.2) is 0 Å². The van der Waals surface area contributed by atoms with Crippen molar-refractivity contribution in [2.45, 2.75) is 0 Å². The van der Waals surface area contributed by atoms with E-state index in [9.17, 15) is 0 Å². The normalized spacial score (nSPS) is 12.4. The van der Waals surface area contributed by atoms with Gasteiger partial charge in [-0.15, -0.1) is 0 Å². The fourth-order valence-corrected chi connectivity index (χ4v) is 1.66. The molecule has 0 spiro atoms. The van der Waals surface area contributed by atoms with Gasteiger partial charge in [0.25, 0.3) is 0 Å². The van der Waals surface area contributed by atoms with Crippen molar-refractivity contribution < 1.29 is 0 Å². The molecule has 0 saturated heterocycles. The van der Waals surface area contributed by atoms with Gasteiger partial charge >= 0.3 is 0 Å². The van der Waals surface area contributed by atoms with Gasteiger partial charge < -0.3 is 0 Å². The molecule has 10 heavy (non-hydrogen) atoms. The summed E-state index contributed by atoms with van der Waals surface area (Å²) in [4.78, 5) is 4.04. The molecular formula is C7H11NS2. The van der Waals surface area contributed by atoms with Crippen LogP contribution in [0.15, 0.2) is 29.8 Å². The molecule has 0 aromatic rings. The summed E-state index contributed by atoms with van der Waals surface area (Å²) in [6, 6.07) is 0. The van der Waals surface area contributed by atoms with Crippen molar-refractivity contribution in [2.24, 2.45) is 4.99 Å². The Bertz CT molecular complexity index is 150. The lowest BCUT2D eigenvalue weighted by Crippen LogP contribution is -1.80. The van der Waals surface area contributed by atoms with Gasteiger partial charge in [0.2, 0.25) is 0 Å². The number of nitrogens with zero attached hydrogens (tertiary/aromatic N) is 1. The third-order valence-electron chi connectivity index (χ3n) is 0.764. The Morgan fingerprint density at radius 2 is 2.30 bits per heavy atom. The first-order chi connectivity index (χ1) is 4.85. The average molecular weight is 173 g/mol. The fourth-order valence-electron chi connectivity index (χ4n) is 0.375. The first kappa shape index (κ1) is 9.85. The van der Waals surface area contributed by atoms with Crippen LogP contribution >= 0.6 is 21.6 Å². The minimum absolute atomic E-state index is 1.02. The highest BCUT2D eigenvalue weighted by atomic mass is 33.1. The van der Waals surface area contributed by atoms with Crippen LogP contribution in [0.2, 0.25) is 0 Å². The van der Waals surface area contributed by atoms with Crippen molar-refractivity contribution in [3.8, 4) is 0 Å². The number of allylic oxidation sites excluding steroid dienone is 2. The molecule has 0 saturated carbocycles. The highest BCUT2D eigenvalue weighted by Crippen LogP contribution is 2.19. The lowest BCUT2D eigenvalue weighted by atomic mass is 10.5. The van der Waals surface area contributed by atoms with Crippen LogP contribution in [0.25, 0.3) is 0 Å². The van der Waals surface area contributed by atoms with Gasteiger partial charge in [0.15, 0.2) is 0 Å². The third-order valence-corrected chi connectivity index (χ3v) is 2.43. The van der Waals surface area contributed by atoms with E-state index in [1.165, 1.54) is 0 Å². The topological polar surface area (TPSA) is 12.4 Å². The zero-order valence-electron chi connectivity index (χ0n) is 6.20. The van der Waals surface area contributed by atoms with Crippen molar-refractivity contribution in [1.29, 1.82) is 0 Å². The Hall–Kier alpha value is -0.150. The highest BCUT2D eigenvalue weighted by Gasteiger charge is 1.88. The summed E-state index contributed by atoms with van der Waals surface area (Å²) < 4.78 is 0. The molecule has 3 heteroatoms. The van der Waals surface area contributed by atoms with Crippen LogP contribution in [0.5, 0.6) is 0 Å². The van der Waals surface area contributed by atoms with E-state index in [0.717, 1.165) is 5.04 Å². The maximum atomic E-state index is 4.04. The smallest absolute Gasteiger partial charge is 0.101 e. The molecular weight excluding hydrogens is 162 g/mol.